The monoisotopic (exact) mass is 600 g/mol. The van der Waals surface area contributed by atoms with Crippen molar-refractivity contribution < 1.29 is 14.7 Å². The molecular weight excluding hydrogens is 572 g/mol. The van der Waals surface area contributed by atoms with Gasteiger partial charge in [0, 0.05) is 29.0 Å². The third-order valence-corrected chi connectivity index (χ3v) is 7.93. The van der Waals surface area contributed by atoms with Crippen LogP contribution in [0.5, 0.6) is 0 Å². The average molecular weight is 602 g/mol. The molecule has 4 aromatic rings. The molecule has 2 amide bonds. The van der Waals surface area contributed by atoms with Gasteiger partial charge in [0.2, 0.25) is 5.91 Å². The van der Waals surface area contributed by atoms with Crippen molar-refractivity contribution in [3.8, 4) is 28.6 Å². The van der Waals surface area contributed by atoms with E-state index in [4.69, 9.17) is 4.98 Å². The Morgan fingerprint density at radius 2 is 1.90 bits per heavy atom. The molecule has 0 radical (unpaired) electrons. The molecule has 1 aliphatic heterocycles. The summed E-state index contributed by atoms with van der Waals surface area (Å²) in [6.07, 6.45) is 2.21. The molecule has 2 atom stereocenters. The number of hydrogen-bond acceptors (Lipinski definition) is 5. The number of pyridine rings is 1. The molecule has 10 heteroatoms. The lowest BCUT2D eigenvalue weighted by atomic mass is 10.0. The van der Waals surface area contributed by atoms with Gasteiger partial charge >= 0.3 is 6.09 Å². The Morgan fingerprint density at radius 3 is 2.58 bits per heavy atom. The third kappa shape index (κ3) is 5.17. The van der Waals surface area contributed by atoms with Crippen LogP contribution in [0.3, 0.4) is 0 Å². The number of likely N-dealkylation sites (N-methyl/N-ethyl adjacent to an activating group) is 1. The highest BCUT2D eigenvalue weighted by Gasteiger charge is 2.39. The zero-order chi connectivity index (χ0) is 28.6. The summed E-state index contributed by atoms with van der Waals surface area (Å²) in [6.45, 7) is 4.27. The molecule has 0 unspecified atom stereocenters. The van der Waals surface area contributed by atoms with Gasteiger partial charge in [-0.3, -0.25) is 9.69 Å². The third-order valence-electron chi connectivity index (χ3n) is 7.43. The van der Waals surface area contributed by atoms with Gasteiger partial charge in [0.25, 0.3) is 0 Å². The highest BCUT2D eigenvalue weighted by atomic mass is 79.9. The summed E-state index contributed by atoms with van der Waals surface area (Å²) in [4.78, 5) is 40.7. The van der Waals surface area contributed by atoms with E-state index >= 15 is 0 Å². The number of benzene rings is 2. The molecular formula is C30H29BrN6O3. The summed E-state index contributed by atoms with van der Waals surface area (Å²) >= 11 is 3.46. The van der Waals surface area contributed by atoms with Crippen LogP contribution in [-0.4, -0.2) is 61.5 Å². The van der Waals surface area contributed by atoms with Crippen molar-refractivity contribution in [2.24, 2.45) is 5.92 Å². The minimum atomic E-state index is -1.12. The van der Waals surface area contributed by atoms with Crippen LogP contribution >= 0.6 is 15.9 Å². The van der Waals surface area contributed by atoms with Gasteiger partial charge in [0.15, 0.2) is 0 Å². The normalized spacial score (nSPS) is 15.8. The number of H-pyrrole nitrogens is 1. The molecule has 0 aliphatic carbocycles. The van der Waals surface area contributed by atoms with Crippen molar-refractivity contribution in [1.29, 1.82) is 5.26 Å². The molecule has 0 spiro atoms. The Morgan fingerprint density at radius 1 is 1.18 bits per heavy atom. The summed E-state index contributed by atoms with van der Waals surface area (Å²) in [7, 11) is 1.44. The Bertz CT molecular complexity index is 1620. The molecule has 3 heterocycles. The zero-order valence-electron chi connectivity index (χ0n) is 22.4. The van der Waals surface area contributed by atoms with E-state index in [-0.39, 0.29) is 17.9 Å². The number of aromatic amines is 1. The predicted octanol–water partition coefficient (Wildman–Crippen LogP) is 6.22. The van der Waals surface area contributed by atoms with Crippen molar-refractivity contribution in [2.45, 2.75) is 38.8 Å². The van der Waals surface area contributed by atoms with Crippen LogP contribution in [0.1, 0.15) is 44.1 Å². The molecule has 2 aromatic heterocycles. The summed E-state index contributed by atoms with van der Waals surface area (Å²) in [5.41, 5.74) is 4.67. The van der Waals surface area contributed by atoms with E-state index in [9.17, 15) is 20.0 Å². The van der Waals surface area contributed by atoms with Gasteiger partial charge in [-0.15, -0.1) is 0 Å². The van der Waals surface area contributed by atoms with Crippen molar-refractivity contribution in [2.75, 3.05) is 13.6 Å². The maximum Gasteiger partial charge on any atom is 0.407 e. The van der Waals surface area contributed by atoms with E-state index in [1.54, 1.807) is 17.2 Å². The van der Waals surface area contributed by atoms with Crippen LogP contribution < -0.4 is 0 Å². The molecule has 1 fully saturated rings. The number of nitrogens with one attached hydrogen (secondary N) is 1. The molecule has 0 saturated carbocycles. The first-order valence-electron chi connectivity index (χ1n) is 13.1. The number of carboxylic acid groups (broad SMARTS) is 1. The number of carbonyl (C=O) groups excluding carboxylic acids is 1. The SMILES string of the molecule is CC(C)[C@@H](C(=O)N1CCC[C@H]1c1ncc(-c2ccc(-c3cc(C#N)c4cc(Br)ccc4n3)cc2)[nH]1)N(C)C(=O)O. The first-order chi connectivity index (χ1) is 19.2. The molecule has 2 N–H and O–H groups in total. The van der Waals surface area contributed by atoms with E-state index < -0.39 is 12.1 Å². The van der Waals surface area contributed by atoms with Crippen LogP contribution in [0.25, 0.3) is 33.4 Å². The van der Waals surface area contributed by atoms with E-state index in [1.165, 1.54) is 7.05 Å². The Labute approximate surface area is 240 Å². The average Bonchev–Trinajstić information content (AvgIpc) is 3.62. The van der Waals surface area contributed by atoms with Crippen molar-refractivity contribution in [3.05, 3.63) is 70.6 Å². The molecule has 40 heavy (non-hydrogen) atoms. The standard InChI is InChI=1S/C30H29BrN6O3/c1-17(2)27(36(3)30(39)40)29(38)37-12-4-5-26(37)28-33-16-25(35-28)19-8-6-18(7-9-19)24-13-20(15-32)22-14-21(31)10-11-23(22)34-24/h6-11,13-14,16-17,26-27H,4-5,12H2,1-3H3,(H,33,35)(H,39,40)/t26-,27-/m0/s1. The lowest BCUT2D eigenvalue weighted by Gasteiger charge is -2.33. The number of nitriles is 1. The fourth-order valence-corrected chi connectivity index (χ4v) is 5.77. The minimum Gasteiger partial charge on any atom is -0.465 e. The van der Waals surface area contributed by atoms with Crippen LogP contribution in [0, 0.1) is 17.2 Å². The van der Waals surface area contributed by atoms with E-state index in [0.29, 0.717) is 17.9 Å². The maximum absolute atomic E-state index is 13.5. The first kappa shape index (κ1) is 27.3. The van der Waals surface area contributed by atoms with E-state index in [2.05, 4.69) is 32.0 Å². The van der Waals surface area contributed by atoms with Crippen LogP contribution in [0.2, 0.25) is 0 Å². The zero-order valence-corrected chi connectivity index (χ0v) is 24.0. The van der Waals surface area contributed by atoms with Crippen LogP contribution in [0.4, 0.5) is 4.79 Å². The smallest absolute Gasteiger partial charge is 0.407 e. The Kier molecular flexibility index (Phi) is 7.59. The summed E-state index contributed by atoms with van der Waals surface area (Å²) in [5.74, 6) is 0.326. The lowest BCUT2D eigenvalue weighted by molar-refractivity contribution is -0.138. The molecule has 1 aliphatic rings. The van der Waals surface area contributed by atoms with Gasteiger partial charge in [-0.2, -0.15) is 5.26 Å². The Hall–Kier alpha value is -4.23. The van der Waals surface area contributed by atoms with Gasteiger partial charge in [-0.1, -0.05) is 54.0 Å². The quantitative estimate of drug-likeness (QED) is 0.270. The predicted molar refractivity (Wildman–Crippen MR) is 155 cm³/mol. The molecule has 1 saturated heterocycles. The summed E-state index contributed by atoms with van der Waals surface area (Å²) < 4.78 is 0.895. The fourth-order valence-electron chi connectivity index (χ4n) is 5.41. The van der Waals surface area contributed by atoms with Gasteiger partial charge in [-0.25, -0.2) is 14.8 Å². The second kappa shape index (κ2) is 11.1. The highest BCUT2D eigenvalue weighted by molar-refractivity contribution is 9.10. The topological polar surface area (TPSA) is 126 Å². The molecule has 204 valence electrons. The molecule has 9 nitrogen and oxygen atoms in total. The number of hydrogen-bond donors (Lipinski definition) is 2. The van der Waals surface area contributed by atoms with Gasteiger partial charge in [-0.05, 0) is 48.6 Å². The Balaban J connectivity index is 1.38. The van der Waals surface area contributed by atoms with Gasteiger partial charge in [0.1, 0.15) is 11.9 Å². The fraction of sp³-hybridized carbons (Fsp3) is 0.300. The second-order valence-corrected chi connectivity index (χ2v) is 11.3. The number of fused-ring (bicyclic) bond motifs is 1. The number of carbonyl (C=O) groups is 2. The van der Waals surface area contributed by atoms with Crippen LogP contribution in [0.15, 0.2) is 59.2 Å². The molecule has 2 aromatic carbocycles. The number of halogens is 1. The molecule has 5 rings (SSSR count). The largest absolute Gasteiger partial charge is 0.465 e. The maximum atomic E-state index is 13.5. The van der Waals surface area contributed by atoms with Crippen LogP contribution in [-0.2, 0) is 4.79 Å². The minimum absolute atomic E-state index is 0.163. The van der Waals surface area contributed by atoms with Gasteiger partial charge < -0.3 is 15.0 Å². The summed E-state index contributed by atoms with van der Waals surface area (Å²) in [5, 5.41) is 20.0. The number of imidazole rings is 1. The summed E-state index contributed by atoms with van der Waals surface area (Å²) in [6, 6.07) is 16.7. The highest BCUT2D eigenvalue weighted by Crippen LogP contribution is 2.34. The lowest BCUT2D eigenvalue weighted by Crippen LogP contribution is -2.51. The number of likely N-dealkylation sites (tertiary alicyclic amines) is 1. The van der Waals surface area contributed by atoms with E-state index in [0.717, 1.165) is 55.6 Å². The first-order valence-corrected chi connectivity index (χ1v) is 13.9. The van der Waals surface area contributed by atoms with Crippen molar-refractivity contribution in [3.63, 3.8) is 0 Å². The second-order valence-electron chi connectivity index (χ2n) is 10.4. The number of rotatable bonds is 6. The number of aromatic nitrogens is 3. The van der Waals surface area contributed by atoms with E-state index in [1.807, 2.05) is 56.3 Å². The van der Waals surface area contributed by atoms with Crippen molar-refractivity contribution >= 4 is 38.8 Å². The molecule has 0 bridgehead atoms. The number of nitrogens with zero attached hydrogens (tertiary/aromatic N) is 5. The van der Waals surface area contributed by atoms with Crippen molar-refractivity contribution in [1.82, 2.24) is 24.8 Å². The number of amides is 2. The van der Waals surface area contributed by atoms with Gasteiger partial charge in [0.05, 0.1) is 40.8 Å².